The van der Waals surface area contributed by atoms with Gasteiger partial charge >= 0.3 is 17.8 Å². The van der Waals surface area contributed by atoms with Crippen molar-refractivity contribution in [3.63, 3.8) is 0 Å². The Labute approximate surface area is 138 Å². The van der Waals surface area contributed by atoms with E-state index in [1.807, 2.05) is 22.4 Å². The van der Waals surface area contributed by atoms with Crippen LogP contribution >= 0.6 is 11.3 Å². The molecule has 2 aliphatic heterocycles. The fourth-order valence-corrected chi connectivity index (χ4v) is 3.61. The van der Waals surface area contributed by atoms with Crippen LogP contribution in [0.15, 0.2) is 17.5 Å². The number of imide groups is 2. The van der Waals surface area contributed by atoms with Gasteiger partial charge in [0.2, 0.25) is 0 Å². The Morgan fingerprint density at radius 1 is 1.22 bits per heavy atom. The molecule has 23 heavy (non-hydrogen) atoms. The quantitative estimate of drug-likeness (QED) is 0.625. The van der Waals surface area contributed by atoms with Gasteiger partial charge in [-0.15, -0.1) is 11.3 Å². The number of hydrogen-bond donors (Lipinski definition) is 1. The van der Waals surface area contributed by atoms with E-state index in [0.29, 0.717) is 19.5 Å². The van der Waals surface area contributed by atoms with Crippen molar-refractivity contribution in [2.45, 2.75) is 25.4 Å². The molecule has 124 valence electrons. The molecule has 3 heterocycles. The van der Waals surface area contributed by atoms with Crippen LogP contribution in [-0.2, 0) is 16.0 Å². The lowest BCUT2D eigenvalue weighted by atomic mass is 10.1. The van der Waals surface area contributed by atoms with Crippen LogP contribution in [0.3, 0.4) is 0 Å². The molecule has 8 heteroatoms. The van der Waals surface area contributed by atoms with Crippen LogP contribution in [0.5, 0.6) is 0 Å². The van der Waals surface area contributed by atoms with Gasteiger partial charge in [0.25, 0.3) is 0 Å². The van der Waals surface area contributed by atoms with E-state index in [-0.39, 0.29) is 13.2 Å². The Morgan fingerprint density at radius 3 is 2.70 bits per heavy atom. The first-order valence-electron chi connectivity index (χ1n) is 7.66. The van der Waals surface area contributed by atoms with Crippen molar-refractivity contribution >= 4 is 29.2 Å². The molecule has 1 aromatic rings. The van der Waals surface area contributed by atoms with E-state index in [2.05, 4.69) is 0 Å². The number of β-amino-alcohol motifs (C(OH)–C–C–N with tert-alkyl or cyclic N) is 1. The van der Waals surface area contributed by atoms with Crippen molar-refractivity contribution in [2.75, 3.05) is 26.3 Å². The molecule has 2 saturated heterocycles. The zero-order valence-electron chi connectivity index (χ0n) is 12.7. The third-order valence-corrected chi connectivity index (χ3v) is 5.06. The molecule has 0 radical (unpaired) electrons. The maximum Gasteiger partial charge on any atom is 0.335 e. The summed E-state index contributed by atoms with van der Waals surface area (Å²) in [4.78, 5) is 41.4. The molecule has 2 aliphatic rings. The van der Waals surface area contributed by atoms with Gasteiger partial charge in [0, 0.05) is 30.9 Å². The average Bonchev–Trinajstić information content (AvgIpc) is 3.10. The van der Waals surface area contributed by atoms with E-state index >= 15 is 0 Å². The van der Waals surface area contributed by atoms with Crippen LogP contribution in [0, 0.1) is 0 Å². The number of aliphatic hydroxyl groups excluding tert-OH is 1. The second kappa shape index (κ2) is 6.77. The molecule has 7 nitrogen and oxygen atoms in total. The molecule has 0 aliphatic carbocycles. The molecule has 3 rings (SSSR count). The van der Waals surface area contributed by atoms with Crippen LogP contribution in [0.2, 0.25) is 0 Å². The summed E-state index contributed by atoms with van der Waals surface area (Å²) >= 11 is 1.56. The van der Waals surface area contributed by atoms with E-state index in [1.54, 1.807) is 11.3 Å². The minimum atomic E-state index is -0.777. The summed E-state index contributed by atoms with van der Waals surface area (Å²) in [5.41, 5.74) is 0. The second-order valence-electron chi connectivity index (χ2n) is 5.82. The largest absolute Gasteiger partial charge is 0.392 e. The van der Waals surface area contributed by atoms with Gasteiger partial charge in [-0.25, -0.2) is 9.69 Å². The SMILES string of the molecule is O=C1C(=O)N(CN2CCC[C@H](O)C2)C(=O)N1CCc1cccs1. The van der Waals surface area contributed by atoms with Gasteiger partial charge in [0.15, 0.2) is 0 Å². The summed E-state index contributed by atoms with van der Waals surface area (Å²) in [7, 11) is 0. The maximum absolute atomic E-state index is 12.4. The fraction of sp³-hybridized carbons (Fsp3) is 0.533. The number of hydrogen-bond acceptors (Lipinski definition) is 6. The van der Waals surface area contributed by atoms with Crippen LogP contribution in [0.4, 0.5) is 4.79 Å². The lowest BCUT2D eigenvalue weighted by Crippen LogP contribution is -2.47. The summed E-state index contributed by atoms with van der Waals surface area (Å²) < 4.78 is 0. The van der Waals surface area contributed by atoms with Crippen molar-refractivity contribution in [3.05, 3.63) is 22.4 Å². The minimum absolute atomic E-state index is 0.0654. The summed E-state index contributed by atoms with van der Waals surface area (Å²) in [5, 5.41) is 11.6. The summed E-state index contributed by atoms with van der Waals surface area (Å²) in [6.07, 6.45) is 1.65. The number of carbonyl (C=O) groups is 3. The highest BCUT2D eigenvalue weighted by Gasteiger charge is 2.44. The number of aliphatic hydroxyl groups is 1. The predicted molar refractivity (Wildman–Crippen MR) is 83.7 cm³/mol. The number of urea groups is 1. The number of piperidine rings is 1. The Kier molecular flexibility index (Phi) is 4.74. The first kappa shape index (κ1) is 16.1. The Bertz CT molecular complexity index is 604. The summed E-state index contributed by atoms with van der Waals surface area (Å²) in [6.45, 7) is 1.40. The number of carbonyl (C=O) groups excluding carboxylic acids is 3. The van der Waals surface area contributed by atoms with E-state index in [9.17, 15) is 19.5 Å². The molecule has 0 bridgehead atoms. The van der Waals surface area contributed by atoms with Crippen molar-refractivity contribution in [3.8, 4) is 0 Å². The first-order chi connectivity index (χ1) is 11.1. The van der Waals surface area contributed by atoms with Crippen LogP contribution in [0.25, 0.3) is 0 Å². The van der Waals surface area contributed by atoms with Gasteiger partial charge in [0.05, 0.1) is 12.8 Å². The number of rotatable bonds is 5. The van der Waals surface area contributed by atoms with Gasteiger partial charge in [0.1, 0.15) is 0 Å². The van der Waals surface area contributed by atoms with Gasteiger partial charge in [-0.05, 0) is 24.3 Å². The molecular weight excluding hydrogens is 318 g/mol. The Hall–Kier alpha value is -1.77. The van der Waals surface area contributed by atoms with Gasteiger partial charge < -0.3 is 5.11 Å². The van der Waals surface area contributed by atoms with E-state index in [0.717, 1.165) is 27.5 Å². The average molecular weight is 337 g/mol. The third-order valence-electron chi connectivity index (χ3n) is 4.12. The van der Waals surface area contributed by atoms with Crippen molar-refractivity contribution < 1.29 is 19.5 Å². The maximum atomic E-state index is 12.4. The molecular formula is C15H19N3O4S. The molecule has 1 atom stereocenters. The number of likely N-dealkylation sites (tertiary alicyclic amines) is 1. The molecule has 4 amide bonds. The molecule has 0 aromatic carbocycles. The zero-order valence-corrected chi connectivity index (χ0v) is 13.5. The smallest absolute Gasteiger partial charge is 0.335 e. The van der Waals surface area contributed by atoms with Gasteiger partial charge in [-0.1, -0.05) is 6.07 Å². The van der Waals surface area contributed by atoms with Gasteiger partial charge in [-0.2, -0.15) is 0 Å². The number of nitrogens with zero attached hydrogens (tertiary/aromatic N) is 3. The highest BCUT2D eigenvalue weighted by molar-refractivity contribution is 7.09. The fourth-order valence-electron chi connectivity index (χ4n) is 2.91. The molecule has 0 spiro atoms. The van der Waals surface area contributed by atoms with E-state index in [4.69, 9.17) is 0 Å². The molecule has 1 aromatic heterocycles. The van der Waals surface area contributed by atoms with Crippen molar-refractivity contribution in [1.82, 2.24) is 14.7 Å². The number of thiophene rings is 1. The normalized spacial score (nSPS) is 23.2. The summed E-state index contributed by atoms with van der Waals surface area (Å²) in [6, 6.07) is 3.29. The number of amides is 4. The Morgan fingerprint density at radius 2 is 2.00 bits per heavy atom. The van der Waals surface area contributed by atoms with Crippen LogP contribution < -0.4 is 0 Å². The van der Waals surface area contributed by atoms with Crippen LogP contribution in [-0.4, -0.2) is 70.1 Å². The molecule has 1 N–H and O–H groups in total. The van der Waals surface area contributed by atoms with E-state index in [1.165, 1.54) is 0 Å². The van der Waals surface area contributed by atoms with Crippen LogP contribution in [0.1, 0.15) is 17.7 Å². The standard InChI is InChI=1S/C15H19N3O4S/c19-11-3-1-6-16(9-11)10-18-14(21)13(20)17(15(18)22)7-5-12-4-2-8-23-12/h2,4,8,11,19H,1,3,5-7,9-10H2/t11-/m0/s1. The lowest BCUT2D eigenvalue weighted by molar-refractivity contribution is -0.144. The molecule has 2 fully saturated rings. The second-order valence-corrected chi connectivity index (χ2v) is 6.85. The van der Waals surface area contributed by atoms with E-state index < -0.39 is 23.9 Å². The molecule has 0 saturated carbocycles. The zero-order chi connectivity index (χ0) is 16.4. The lowest BCUT2D eigenvalue weighted by Gasteiger charge is -2.31. The highest BCUT2D eigenvalue weighted by atomic mass is 32.1. The topological polar surface area (TPSA) is 81.2 Å². The van der Waals surface area contributed by atoms with Crippen molar-refractivity contribution in [2.24, 2.45) is 0 Å². The molecule has 0 unspecified atom stereocenters. The van der Waals surface area contributed by atoms with Gasteiger partial charge in [-0.3, -0.25) is 19.4 Å². The first-order valence-corrected chi connectivity index (χ1v) is 8.54. The minimum Gasteiger partial charge on any atom is -0.392 e. The monoisotopic (exact) mass is 337 g/mol. The predicted octanol–water partition coefficient (Wildman–Crippen LogP) is 0.496. The third kappa shape index (κ3) is 3.44. The highest BCUT2D eigenvalue weighted by Crippen LogP contribution is 2.17. The summed E-state index contributed by atoms with van der Waals surface area (Å²) in [5.74, 6) is -1.54. The Balaban J connectivity index is 1.62. The van der Waals surface area contributed by atoms with Crippen molar-refractivity contribution in [1.29, 1.82) is 0 Å².